The van der Waals surface area contributed by atoms with Crippen LogP contribution in [-0.2, 0) is 10.0 Å². The zero-order valence-electron chi connectivity index (χ0n) is 7.05. The highest BCUT2D eigenvalue weighted by molar-refractivity contribution is 7.93. The van der Waals surface area contributed by atoms with Crippen LogP contribution in [0.5, 0.6) is 0 Å². The molecule has 0 unspecified atom stereocenters. The molecule has 84 valence electrons. The van der Waals surface area contributed by atoms with Crippen LogP contribution in [0.1, 0.15) is 0 Å². The molecule has 0 saturated carbocycles. The molecule has 1 aromatic carbocycles. The van der Waals surface area contributed by atoms with E-state index in [1.807, 2.05) is 0 Å². The second kappa shape index (κ2) is 3.90. The first-order valence-corrected chi connectivity index (χ1v) is 5.43. The van der Waals surface area contributed by atoms with Crippen molar-refractivity contribution in [3.8, 4) is 0 Å². The molecule has 0 fully saturated rings. The third kappa shape index (κ3) is 3.00. The van der Waals surface area contributed by atoms with Crippen LogP contribution in [0, 0.1) is 0 Å². The number of hydrogen-bond acceptors (Lipinski definition) is 2. The van der Waals surface area contributed by atoms with Crippen molar-refractivity contribution in [2.24, 2.45) is 0 Å². The Morgan fingerprint density at radius 1 is 1.27 bits per heavy atom. The summed E-state index contributed by atoms with van der Waals surface area (Å²) < 4.78 is 58.5. The fraction of sp³-hybridized carbons (Fsp3) is 0.143. The number of rotatable bonds is 2. The lowest BCUT2D eigenvalue weighted by Crippen LogP contribution is -2.29. The lowest BCUT2D eigenvalue weighted by Gasteiger charge is -2.10. The Kier molecular flexibility index (Phi) is 3.15. The first-order chi connectivity index (χ1) is 6.72. The summed E-state index contributed by atoms with van der Waals surface area (Å²) in [6, 6.07) is 4.98. The van der Waals surface area contributed by atoms with Crippen LogP contribution >= 0.6 is 11.6 Å². The minimum absolute atomic E-state index is 0.136. The van der Waals surface area contributed by atoms with Gasteiger partial charge in [-0.2, -0.15) is 21.6 Å². The lowest BCUT2D eigenvalue weighted by atomic mass is 10.3. The Hall–Kier alpha value is -0.950. The maximum absolute atomic E-state index is 11.9. The first kappa shape index (κ1) is 12.1. The number of halogens is 4. The lowest BCUT2D eigenvalue weighted by molar-refractivity contribution is -0.0429. The monoisotopic (exact) mass is 259 g/mol. The minimum atomic E-state index is -5.38. The molecule has 0 aliphatic carbocycles. The molecule has 0 radical (unpaired) electrons. The summed E-state index contributed by atoms with van der Waals surface area (Å²) in [5.74, 6) is 0. The molecule has 0 heterocycles. The average Bonchev–Trinajstić information content (AvgIpc) is 2.00. The summed E-state index contributed by atoms with van der Waals surface area (Å²) in [4.78, 5) is 0. The van der Waals surface area contributed by atoms with Gasteiger partial charge in [-0.25, -0.2) is 0 Å². The number of alkyl halides is 3. The molecule has 0 bridgehead atoms. The number of nitrogens with one attached hydrogen (secondary N) is 1. The third-order valence-electron chi connectivity index (χ3n) is 1.38. The quantitative estimate of drug-likeness (QED) is 0.887. The Labute approximate surface area is 88.9 Å². The zero-order valence-corrected chi connectivity index (χ0v) is 8.62. The summed E-state index contributed by atoms with van der Waals surface area (Å²) in [5.41, 5.74) is -5.57. The molecule has 0 atom stereocenters. The van der Waals surface area contributed by atoms with Crippen molar-refractivity contribution in [1.82, 2.24) is 0 Å². The van der Waals surface area contributed by atoms with E-state index < -0.39 is 15.5 Å². The molecule has 1 aromatic rings. The fourth-order valence-corrected chi connectivity index (χ4v) is 1.51. The summed E-state index contributed by atoms with van der Waals surface area (Å²) in [6.07, 6.45) is 0. The van der Waals surface area contributed by atoms with E-state index in [0.717, 1.165) is 12.1 Å². The van der Waals surface area contributed by atoms with Crippen molar-refractivity contribution in [1.29, 1.82) is 0 Å². The van der Waals surface area contributed by atoms with Gasteiger partial charge in [-0.3, -0.25) is 4.72 Å². The molecule has 1 rings (SSSR count). The topological polar surface area (TPSA) is 46.2 Å². The van der Waals surface area contributed by atoms with Gasteiger partial charge in [-0.05, 0) is 18.2 Å². The van der Waals surface area contributed by atoms with E-state index in [9.17, 15) is 21.6 Å². The third-order valence-corrected chi connectivity index (χ3v) is 2.73. The van der Waals surface area contributed by atoms with Crippen LogP contribution < -0.4 is 4.72 Å². The summed E-state index contributed by atoms with van der Waals surface area (Å²) >= 11 is 5.47. The Morgan fingerprint density at radius 2 is 1.87 bits per heavy atom. The molecular formula is C7H5ClF3NO2S. The highest BCUT2D eigenvalue weighted by Gasteiger charge is 2.45. The van der Waals surface area contributed by atoms with E-state index in [1.54, 1.807) is 0 Å². The Morgan fingerprint density at radius 3 is 2.33 bits per heavy atom. The van der Waals surface area contributed by atoms with Gasteiger partial charge in [0.15, 0.2) is 0 Å². The second-order valence-electron chi connectivity index (χ2n) is 2.56. The maximum Gasteiger partial charge on any atom is 0.516 e. The molecule has 8 heteroatoms. The highest BCUT2D eigenvalue weighted by Crippen LogP contribution is 2.26. The molecular weight excluding hydrogens is 255 g/mol. The van der Waals surface area contributed by atoms with Crippen LogP contribution in [0.4, 0.5) is 18.9 Å². The van der Waals surface area contributed by atoms with E-state index in [4.69, 9.17) is 11.6 Å². The highest BCUT2D eigenvalue weighted by atomic mass is 35.5. The summed E-state index contributed by atoms with van der Waals surface area (Å²) in [6.45, 7) is 0. The smallest absolute Gasteiger partial charge is 0.276 e. The average molecular weight is 260 g/mol. The van der Waals surface area contributed by atoms with Crippen LogP contribution in [0.25, 0.3) is 0 Å². The van der Waals surface area contributed by atoms with E-state index in [-0.39, 0.29) is 10.7 Å². The molecule has 0 spiro atoms. The minimum Gasteiger partial charge on any atom is -0.276 e. The number of benzene rings is 1. The molecule has 1 N–H and O–H groups in total. The fourth-order valence-electron chi connectivity index (χ4n) is 0.765. The van der Waals surface area contributed by atoms with Crippen molar-refractivity contribution in [3.05, 3.63) is 29.3 Å². The van der Waals surface area contributed by atoms with Gasteiger partial charge in [0, 0.05) is 5.02 Å². The number of hydrogen-bond donors (Lipinski definition) is 1. The van der Waals surface area contributed by atoms with Gasteiger partial charge in [0.1, 0.15) is 0 Å². The van der Waals surface area contributed by atoms with E-state index in [0.29, 0.717) is 0 Å². The predicted octanol–water partition coefficient (Wildman–Crippen LogP) is 2.60. The predicted molar refractivity (Wildman–Crippen MR) is 50.0 cm³/mol. The molecule has 0 amide bonds. The Bertz CT molecular complexity index is 458. The van der Waals surface area contributed by atoms with Crippen molar-refractivity contribution >= 4 is 27.3 Å². The van der Waals surface area contributed by atoms with Gasteiger partial charge >= 0.3 is 15.5 Å². The Balaban J connectivity index is 2.98. The van der Waals surface area contributed by atoms with Crippen molar-refractivity contribution in [3.63, 3.8) is 0 Å². The van der Waals surface area contributed by atoms with E-state index >= 15 is 0 Å². The first-order valence-electron chi connectivity index (χ1n) is 3.57. The molecule has 0 aliphatic rings. The van der Waals surface area contributed by atoms with Gasteiger partial charge < -0.3 is 0 Å². The van der Waals surface area contributed by atoms with Crippen molar-refractivity contribution in [2.75, 3.05) is 4.72 Å². The van der Waals surface area contributed by atoms with E-state index in [2.05, 4.69) is 0 Å². The van der Waals surface area contributed by atoms with Crippen LogP contribution in [0.3, 0.4) is 0 Å². The van der Waals surface area contributed by atoms with E-state index in [1.165, 1.54) is 16.9 Å². The molecule has 3 nitrogen and oxygen atoms in total. The van der Waals surface area contributed by atoms with Crippen LogP contribution in [-0.4, -0.2) is 13.9 Å². The standard InChI is InChI=1S/C7H5ClF3NO2S/c8-5-2-1-3-6(4-5)12-15(13,14)7(9,10)11/h1-4,12H. The number of anilines is 1. The molecule has 0 aromatic heterocycles. The zero-order chi connectivity index (χ0) is 11.7. The van der Waals surface area contributed by atoms with Crippen molar-refractivity contribution < 1.29 is 21.6 Å². The molecule has 0 aliphatic heterocycles. The van der Waals surface area contributed by atoms with Gasteiger partial charge in [0.05, 0.1) is 5.69 Å². The summed E-state index contributed by atoms with van der Waals surface area (Å²) in [7, 11) is -5.38. The maximum atomic E-state index is 11.9. The van der Waals surface area contributed by atoms with Gasteiger partial charge in [-0.15, -0.1) is 0 Å². The largest absolute Gasteiger partial charge is 0.516 e. The summed E-state index contributed by atoms with van der Waals surface area (Å²) in [5, 5.41) is 0.136. The SMILES string of the molecule is O=S(=O)(Nc1cccc(Cl)c1)C(F)(F)F. The second-order valence-corrected chi connectivity index (χ2v) is 4.67. The number of sulfonamides is 1. The van der Waals surface area contributed by atoms with Gasteiger partial charge in [-0.1, -0.05) is 17.7 Å². The van der Waals surface area contributed by atoms with Crippen LogP contribution in [0.2, 0.25) is 5.02 Å². The van der Waals surface area contributed by atoms with Gasteiger partial charge in [0.25, 0.3) is 0 Å². The molecule has 15 heavy (non-hydrogen) atoms. The van der Waals surface area contributed by atoms with Crippen LogP contribution in [0.15, 0.2) is 24.3 Å². The molecule has 0 saturated heterocycles. The normalized spacial score (nSPS) is 12.5. The van der Waals surface area contributed by atoms with Gasteiger partial charge in [0.2, 0.25) is 0 Å². The van der Waals surface area contributed by atoms with Crippen molar-refractivity contribution in [2.45, 2.75) is 5.51 Å².